The van der Waals surface area contributed by atoms with Crippen molar-refractivity contribution < 1.29 is 4.79 Å². The van der Waals surface area contributed by atoms with E-state index in [0.717, 1.165) is 16.6 Å². The molecule has 0 fully saturated rings. The first-order chi connectivity index (χ1) is 7.50. The minimum atomic E-state index is -0.434. The summed E-state index contributed by atoms with van der Waals surface area (Å²) in [5, 5.41) is 3.16. The normalized spacial score (nSPS) is 12.2. The first-order valence-electron chi connectivity index (χ1n) is 5.09. The summed E-state index contributed by atoms with van der Waals surface area (Å²) >= 11 is 3.35. The Bertz CT molecular complexity index is 379. The Morgan fingerprint density at radius 1 is 1.56 bits per heavy atom. The van der Waals surface area contributed by atoms with Gasteiger partial charge in [0.15, 0.2) is 0 Å². The third-order valence-electron chi connectivity index (χ3n) is 2.16. The van der Waals surface area contributed by atoms with Gasteiger partial charge in [-0.3, -0.25) is 4.79 Å². The summed E-state index contributed by atoms with van der Waals surface area (Å²) in [6, 6.07) is 5.45. The third kappa shape index (κ3) is 3.83. The summed E-state index contributed by atoms with van der Waals surface area (Å²) in [7, 11) is 0. The standard InChI is InChI=1S/C11H16BrN3O/c1-7(13)4-5-15-10-6-8(12)2-3-9(10)11(14)16/h2-3,6-7,15H,4-5,13H2,1H3,(H2,14,16). The zero-order chi connectivity index (χ0) is 12.1. The Labute approximate surface area is 104 Å². The van der Waals surface area contributed by atoms with Crippen LogP contribution in [0.25, 0.3) is 0 Å². The number of primary amides is 1. The molecule has 0 aliphatic rings. The van der Waals surface area contributed by atoms with Crippen LogP contribution in [-0.2, 0) is 0 Å². The zero-order valence-corrected chi connectivity index (χ0v) is 10.8. The van der Waals surface area contributed by atoms with E-state index >= 15 is 0 Å². The molecule has 0 aliphatic heterocycles. The lowest BCUT2D eigenvalue weighted by molar-refractivity contribution is 0.100. The second kappa shape index (κ2) is 5.86. The van der Waals surface area contributed by atoms with E-state index in [2.05, 4.69) is 21.2 Å². The number of hydrogen-bond acceptors (Lipinski definition) is 3. The number of carbonyl (C=O) groups excluding carboxylic acids is 1. The number of nitrogens with one attached hydrogen (secondary N) is 1. The number of halogens is 1. The predicted molar refractivity (Wildman–Crippen MR) is 69.4 cm³/mol. The molecule has 1 rings (SSSR count). The van der Waals surface area contributed by atoms with Gasteiger partial charge in [0.25, 0.3) is 5.91 Å². The minimum Gasteiger partial charge on any atom is -0.384 e. The SMILES string of the molecule is CC(N)CCNc1cc(Br)ccc1C(N)=O. The maximum absolute atomic E-state index is 11.2. The first-order valence-corrected chi connectivity index (χ1v) is 5.89. The highest BCUT2D eigenvalue weighted by atomic mass is 79.9. The van der Waals surface area contributed by atoms with Gasteiger partial charge in [-0.1, -0.05) is 15.9 Å². The Kier molecular flexibility index (Phi) is 4.76. The van der Waals surface area contributed by atoms with Crippen LogP contribution in [0, 0.1) is 0 Å². The van der Waals surface area contributed by atoms with Crippen LogP contribution in [0.1, 0.15) is 23.7 Å². The highest BCUT2D eigenvalue weighted by molar-refractivity contribution is 9.10. The van der Waals surface area contributed by atoms with E-state index in [4.69, 9.17) is 11.5 Å². The predicted octanol–water partition coefficient (Wildman–Crippen LogP) is 1.70. The molecule has 1 unspecified atom stereocenters. The van der Waals surface area contributed by atoms with Crippen molar-refractivity contribution in [2.75, 3.05) is 11.9 Å². The second-order valence-electron chi connectivity index (χ2n) is 3.75. The fourth-order valence-corrected chi connectivity index (χ4v) is 1.67. The van der Waals surface area contributed by atoms with Crippen LogP contribution in [0.4, 0.5) is 5.69 Å². The van der Waals surface area contributed by atoms with E-state index in [1.165, 1.54) is 0 Å². The number of benzene rings is 1. The van der Waals surface area contributed by atoms with Gasteiger partial charge in [-0.2, -0.15) is 0 Å². The molecule has 0 aliphatic carbocycles. The van der Waals surface area contributed by atoms with Gasteiger partial charge in [-0.25, -0.2) is 0 Å². The van der Waals surface area contributed by atoms with Crippen LogP contribution in [0.3, 0.4) is 0 Å². The molecule has 0 saturated carbocycles. The molecule has 1 aromatic rings. The molecular formula is C11H16BrN3O. The molecule has 0 spiro atoms. The summed E-state index contributed by atoms with van der Waals surface area (Å²) in [4.78, 5) is 11.2. The average molecular weight is 286 g/mol. The van der Waals surface area contributed by atoms with Crippen molar-refractivity contribution in [3.63, 3.8) is 0 Å². The summed E-state index contributed by atoms with van der Waals surface area (Å²) in [6.07, 6.45) is 0.838. The summed E-state index contributed by atoms with van der Waals surface area (Å²) in [5.41, 5.74) is 12.2. The first kappa shape index (κ1) is 13.0. The maximum atomic E-state index is 11.2. The van der Waals surface area contributed by atoms with Crippen LogP contribution < -0.4 is 16.8 Å². The Balaban J connectivity index is 2.76. The molecule has 0 saturated heterocycles. The molecule has 0 radical (unpaired) electrons. The number of carbonyl (C=O) groups is 1. The molecule has 0 heterocycles. The highest BCUT2D eigenvalue weighted by Gasteiger charge is 2.08. The van der Waals surface area contributed by atoms with E-state index in [-0.39, 0.29) is 6.04 Å². The monoisotopic (exact) mass is 285 g/mol. The molecule has 4 nitrogen and oxygen atoms in total. The van der Waals surface area contributed by atoms with Crippen molar-refractivity contribution in [1.29, 1.82) is 0 Å². The van der Waals surface area contributed by atoms with Gasteiger partial charge in [0.1, 0.15) is 0 Å². The molecule has 1 amide bonds. The summed E-state index contributed by atoms with van der Waals surface area (Å²) in [5.74, 6) is -0.434. The molecule has 88 valence electrons. The van der Waals surface area contributed by atoms with Crippen molar-refractivity contribution in [3.8, 4) is 0 Å². The van der Waals surface area contributed by atoms with Crippen molar-refractivity contribution in [1.82, 2.24) is 0 Å². The van der Waals surface area contributed by atoms with Crippen molar-refractivity contribution >= 4 is 27.5 Å². The number of hydrogen-bond donors (Lipinski definition) is 3. The lowest BCUT2D eigenvalue weighted by Gasteiger charge is -2.11. The molecule has 0 aromatic heterocycles. The number of anilines is 1. The van der Waals surface area contributed by atoms with Crippen LogP contribution in [0.15, 0.2) is 22.7 Å². The third-order valence-corrected chi connectivity index (χ3v) is 2.66. The van der Waals surface area contributed by atoms with Gasteiger partial charge in [0.05, 0.1) is 5.56 Å². The quantitative estimate of drug-likeness (QED) is 0.770. The topological polar surface area (TPSA) is 81.1 Å². The van der Waals surface area contributed by atoms with Gasteiger partial charge < -0.3 is 16.8 Å². The van der Waals surface area contributed by atoms with Gasteiger partial charge in [0.2, 0.25) is 0 Å². The molecule has 1 atom stereocenters. The fourth-order valence-electron chi connectivity index (χ4n) is 1.31. The van der Waals surface area contributed by atoms with E-state index in [9.17, 15) is 4.79 Å². The molecule has 1 aromatic carbocycles. The van der Waals surface area contributed by atoms with Gasteiger partial charge in [-0.15, -0.1) is 0 Å². The van der Waals surface area contributed by atoms with Crippen LogP contribution in [0.5, 0.6) is 0 Å². The summed E-state index contributed by atoms with van der Waals surface area (Å²) in [6.45, 7) is 2.66. The molecule has 16 heavy (non-hydrogen) atoms. The van der Waals surface area contributed by atoms with E-state index in [1.54, 1.807) is 12.1 Å². The average Bonchev–Trinajstić information content (AvgIpc) is 2.16. The lowest BCUT2D eigenvalue weighted by atomic mass is 10.1. The lowest BCUT2D eigenvalue weighted by Crippen LogP contribution is -2.20. The van der Waals surface area contributed by atoms with Crippen LogP contribution in [0.2, 0.25) is 0 Å². The van der Waals surface area contributed by atoms with Crippen LogP contribution >= 0.6 is 15.9 Å². The van der Waals surface area contributed by atoms with E-state index in [1.807, 2.05) is 13.0 Å². The van der Waals surface area contributed by atoms with Gasteiger partial charge in [-0.05, 0) is 31.5 Å². The smallest absolute Gasteiger partial charge is 0.250 e. The van der Waals surface area contributed by atoms with Crippen molar-refractivity contribution in [3.05, 3.63) is 28.2 Å². The van der Waals surface area contributed by atoms with Crippen LogP contribution in [-0.4, -0.2) is 18.5 Å². The van der Waals surface area contributed by atoms with Gasteiger partial charge in [0, 0.05) is 22.7 Å². The molecule has 5 heteroatoms. The summed E-state index contributed by atoms with van der Waals surface area (Å²) < 4.78 is 0.904. The van der Waals surface area contributed by atoms with E-state index in [0.29, 0.717) is 12.1 Å². The van der Waals surface area contributed by atoms with Crippen molar-refractivity contribution in [2.24, 2.45) is 11.5 Å². The van der Waals surface area contributed by atoms with Crippen molar-refractivity contribution in [2.45, 2.75) is 19.4 Å². The number of rotatable bonds is 5. The van der Waals surface area contributed by atoms with Gasteiger partial charge >= 0.3 is 0 Å². The zero-order valence-electron chi connectivity index (χ0n) is 9.16. The Hall–Kier alpha value is -1.07. The highest BCUT2D eigenvalue weighted by Crippen LogP contribution is 2.21. The maximum Gasteiger partial charge on any atom is 0.250 e. The molecule has 0 bridgehead atoms. The number of amides is 1. The largest absolute Gasteiger partial charge is 0.384 e. The Morgan fingerprint density at radius 2 is 2.25 bits per heavy atom. The molecular weight excluding hydrogens is 270 g/mol. The second-order valence-corrected chi connectivity index (χ2v) is 4.66. The fraction of sp³-hybridized carbons (Fsp3) is 0.364. The van der Waals surface area contributed by atoms with E-state index < -0.39 is 5.91 Å². The Morgan fingerprint density at radius 3 is 2.81 bits per heavy atom. The minimum absolute atomic E-state index is 0.136. The molecule has 5 N–H and O–H groups in total. The number of nitrogens with two attached hydrogens (primary N) is 2.